The van der Waals surface area contributed by atoms with Crippen molar-refractivity contribution in [2.24, 2.45) is 5.73 Å². The van der Waals surface area contributed by atoms with Crippen LogP contribution in [0, 0.1) is 0 Å². The van der Waals surface area contributed by atoms with Crippen LogP contribution in [0.1, 0.15) is 11.3 Å². The summed E-state index contributed by atoms with van der Waals surface area (Å²) in [7, 11) is 0. The summed E-state index contributed by atoms with van der Waals surface area (Å²) in [6.07, 6.45) is 0.712. The zero-order valence-electron chi connectivity index (χ0n) is 10.4. The Kier molecular flexibility index (Phi) is 5.19. The molecule has 0 aliphatic carbocycles. The lowest BCUT2D eigenvalue weighted by atomic mass is 10.2. The monoisotopic (exact) mass is 310 g/mol. The van der Waals surface area contributed by atoms with Gasteiger partial charge in [-0.2, -0.15) is 0 Å². The van der Waals surface area contributed by atoms with Gasteiger partial charge in [0.2, 0.25) is 0 Å². The summed E-state index contributed by atoms with van der Waals surface area (Å²) < 4.78 is 0.817. The zero-order valence-corrected chi connectivity index (χ0v) is 12.8. The van der Waals surface area contributed by atoms with Crippen molar-refractivity contribution in [3.8, 4) is 0 Å². The van der Waals surface area contributed by atoms with E-state index in [9.17, 15) is 0 Å². The second-order valence-corrected chi connectivity index (χ2v) is 6.50. The molecule has 5 heteroatoms. The van der Waals surface area contributed by atoms with Crippen LogP contribution in [0.5, 0.6) is 0 Å². The number of thiocarbonyl (C=S) groups is 1. The Morgan fingerprint density at radius 1 is 1.21 bits per heavy atom. The fourth-order valence-electron chi connectivity index (χ4n) is 1.81. The standard InChI is InChI=1S/C14H15ClN2S2/c15-13-7-6-12(19-13)10-17(9-8-14(16)18)11-4-2-1-3-5-11/h1-7H,8-10H2,(H2,16,18). The highest BCUT2D eigenvalue weighted by atomic mass is 35.5. The molecule has 0 aliphatic heterocycles. The van der Waals surface area contributed by atoms with Gasteiger partial charge in [0.05, 0.1) is 15.9 Å². The summed E-state index contributed by atoms with van der Waals surface area (Å²) in [5.41, 5.74) is 6.77. The molecule has 0 bridgehead atoms. The van der Waals surface area contributed by atoms with Crippen LogP contribution in [0.25, 0.3) is 0 Å². The zero-order chi connectivity index (χ0) is 13.7. The second-order valence-electron chi connectivity index (χ2n) is 4.18. The van der Waals surface area contributed by atoms with Gasteiger partial charge in [0, 0.05) is 23.5 Å². The van der Waals surface area contributed by atoms with E-state index in [1.54, 1.807) is 11.3 Å². The number of para-hydroxylation sites is 1. The van der Waals surface area contributed by atoms with Crippen LogP contribution in [0.3, 0.4) is 0 Å². The molecule has 1 heterocycles. The van der Waals surface area contributed by atoms with E-state index >= 15 is 0 Å². The Bertz CT molecular complexity index is 539. The molecule has 0 aliphatic rings. The first-order valence-corrected chi connectivity index (χ1v) is 7.58. The molecule has 1 aromatic carbocycles. The molecular formula is C14H15ClN2S2. The fraction of sp³-hybridized carbons (Fsp3) is 0.214. The topological polar surface area (TPSA) is 29.3 Å². The molecule has 2 aromatic rings. The molecule has 0 amide bonds. The molecule has 100 valence electrons. The van der Waals surface area contributed by atoms with Crippen molar-refractivity contribution in [2.45, 2.75) is 13.0 Å². The number of hydrogen-bond donors (Lipinski definition) is 1. The van der Waals surface area contributed by atoms with Crippen LogP contribution in [0.4, 0.5) is 5.69 Å². The van der Waals surface area contributed by atoms with Crippen molar-refractivity contribution in [1.29, 1.82) is 0 Å². The lowest BCUT2D eigenvalue weighted by Crippen LogP contribution is -2.26. The molecule has 0 radical (unpaired) electrons. The van der Waals surface area contributed by atoms with E-state index in [4.69, 9.17) is 29.6 Å². The summed E-state index contributed by atoms with van der Waals surface area (Å²) >= 11 is 12.5. The van der Waals surface area contributed by atoms with Gasteiger partial charge < -0.3 is 10.6 Å². The van der Waals surface area contributed by atoms with E-state index < -0.39 is 0 Å². The van der Waals surface area contributed by atoms with Crippen molar-refractivity contribution in [3.63, 3.8) is 0 Å². The van der Waals surface area contributed by atoms with Gasteiger partial charge in [0.15, 0.2) is 0 Å². The van der Waals surface area contributed by atoms with Gasteiger partial charge in [-0.25, -0.2) is 0 Å². The number of nitrogens with zero attached hydrogens (tertiary/aromatic N) is 1. The molecule has 0 unspecified atom stereocenters. The highest BCUT2D eigenvalue weighted by Gasteiger charge is 2.09. The maximum absolute atomic E-state index is 5.98. The fourth-order valence-corrected chi connectivity index (χ4v) is 3.00. The van der Waals surface area contributed by atoms with Crippen LogP contribution in [-0.4, -0.2) is 11.5 Å². The second kappa shape index (κ2) is 6.89. The van der Waals surface area contributed by atoms with Crippen molar-refractivity contribution in [1.82, 2.24) is 0 Å². The van der Waals surface area contributed by atoms with E-state index in [1.807, 2.05) is 24.3 Å². The molecule has 0 saturated heterocycles. The van der Waals surface area contributed by atoms with Gasteiger partial charge in [-0.1, -0.05) is 42.0 Å². The normalized spacial score (nSPS) is 10.4. The number of anilines is 1. The van der Waals surface area contributed by atoms with Gasteiger partial charge in [0.1, 0.15) is 0 Å². The maximum Gasteiger partial charge on any atom is 0.0931 e. The highest BCUT2D eigenvalue weighted by molar-refractivity contribution is 7.80. The molecule has 0 fully saturated rings. The van der Waals surface area contributed by atoms with Crippen molar-refractivity contribution < 1.29 is 0 Å². The summed E-state index contributed by atoms with van der Waals surface area (Å²) in [4.78, 5) is 4.04. The number of benzene rings is 1. The first-order valence-electron chi connectivity index (χ1n) is 5.97. The van der Waals surface area contributed by atoms with Crippen LogP contribution in [0.15, 0.2) is 42.5 Å². The summed E-state index contributed by atoms with van der Waals surface area (Å²) in [6.45, 7) is 1.64. The van der Waals surface area contributed by atoms with Gasteiger partial charge in [-0.05, 0) is 24.3 Å². The van der Waals surface area contributed by atoms with Gasteiger partial charge in [0.25, 0.3) is 0 Å². The third kappa shape index (κ3) is 4.49. The Balaban J connectivity index is 2.12. The molecule has 1 aromatic heterocycles. The average molecular weight is 311 g/mol. The molecule has 19 heavy (non-hydrogen) atoms. The van der Waals surface area contributed by atoms with Crippen LogP contribution < -0.4 is 10.6 Å². The highest BCUT2D eigenvalue weighted by Crippen LogP contribution is 2.25. The minimum atomic E-state index is 0.546. The van der Waals surface area contributed by atoms with E-state index in [1.165, 1.54) is 10.6 Å². The molecule has 2 nitrogen and oxygen atoms in total. The summed E-state index contributed by atoms with van der Waals surface area (Å²) in [5, 5.41) is 0. The maximum atomic E-state index is 5.98. The van der Waals surface area contributed by atoms with Gasteiger partial charge in [-0.15, -0.1) is 11.3 Å². The molecule has 0 spiro atoms. The molecule has 0 saturated carbocycles. The number of thiophene rings is 1. The quantitative estimate of drug-likeness (QED) is 0.815. The predicted molar refractivity (Wildman–Crippen MR) is 88.2 cm³/mol. The number of rotatable bonds is 6. The number of nitrogens with two attached hydrogens (primary N) is 1. The van der Waals surface area contributed by atoms with Crippen LogP contribution in [-0.2, 0) is 6.54 Å². The first kappa shape index (κ1) is 14.3. The van der Waals surface area contributed by atoms with Crippen molar-refractivity contribution >= 4 is 45.8 Å². The summed E-state index contributed by atoms with van der Waals surface area (Å²) in [5.74, 6) is 0. The average Bonchev–Trinajstić information content (AvgIpc) is 2.81. The van der Waals surface area contributed by atoms with Crippen molar-refractivity contribution in [3.05, 3.63) is 51.7 Å². The number of hydrogen-bond acceptors (Lipinski definition) is 3. The Labute approximate surface area is 127 Å². The SMILES string of the molecule is NC(=S)CCN(Cc1ccc(Cl)s1)c1ccccc1. The van der Waals surface area contributed by atoms with Gasteiger partial charge in [-0.3, -0.25) is 0 Å². The van der Waals surface area contributed by atoms with E-state index in [0.29, 0.717) is 11.4 Å². The largest absolute Gasteiger partial charge is 0.393 e. The predicted octanol–water partition coefficient (Wildman–Crippen LogP) is 4.08. The molecular weight excluding hydrogens is 296 g/mol. The lowest BCUT2D eigenvalue weighted by molar-refractivity contribution is 0.816. The van der Waals surface area contributed by atoms with E-state index in [-0.39, 0.29) is 0 Å². The molecule has 0 atom stereocenters. The van der Waals surface area contributed by atoms with E-state index in [2.05, 4.69) is 23.1 Å². The Hall–Kier alpha value is -1.10. The van der Waals surface area contributed by atoms with Crippen molar-refractivity contribution in [2.75, 3.05) is 11.4 Å². The van der Waals surface area contributed by atoms with Crippen LogP contribution >= 0.6 is 35.2 Å². The Morgan fingerprint density at radius 2 is 1.95 bits per heavy atom. The smallest absolute Gasteiger partial charge is 0.0931 e. The van der Waals surface area contributed by atoms with Crippen LogP contribution in [0.2, 0.25) is 4.34 Å². The van der Waals surface area contributed by atoms with E-state index in [0.717, 1.165) is 17.4 Å². The third-order valence-corrected chi connectivity index (χ3v) is 4.15. The number of halogens is 1. The molecule has 2 rings (SSSR count). The summed E-state index contributed by atoms with van der Waals surface area (Å²) in [6, 6.07) is 14.2. The Morgan fingerprint density at radius 3 is 2.53 bits per heavy atom. The third-order valence-electron chi connectivity index (χ3n) is 2.73. The minimum Gasteiger partial charge on any atom is -0.393 e. The molecule has 2 N–H and O–H groups in total. The first-order chi connectivity index (χ1) is 9.15. The lowest BCUT2D eigenvalue weighted by Gasteiger charge is -2.24. The minimum absolute atomic E-state index is 0.546. The van der Waals surface area contributed by atoms with Gasteiger partial charge >= 0.3 is 0 Å².